The van der Waals surface area contributed by atoms with Crippen LogP contribution in [0.1, 0.15) is 13.3 Å². The van der Waals surface area contributed by atoms with Crippen molar-refractivity contribution in [1.29, 1.82) is 0 Å². The fourth-order valence-electron chi connectivity index (χ4n) is 1.77. The molecule has 0 amide bonds. The van der Waals surface area contributed by atoms with E-state index in [0.717, 1.165) is 28.6 Å². The zero-order chi connectivity index (χ0) is 13.0. The summed E-state index contributed by atoms with van der Waals surface area (Å²) in [5.41, 5.74) is 0. The van der Waals surface area contributed by atoms with E-state index in [1.54, 1.807) is 0 Å². The summed E-state index contributed by atoms with van der Waals surface area (Å²) in [5.74, 6) is 1.52. The minimum absolute atomic E-state index is 0.575. The quantitative estimate of drug-likeness (QED) is 0.639. The summed E-state index contributed by atoms with van der Waals surface area (Å²) in [7, 11) is 0. The van der Waals surface area contributed by atoms with Crippen LogP contribution in [-0.2, 0) is 0 Å². The summed E-state index contributed by atoms with van der Waals surface area (Å²) >= 11 is 7.00. The van der Waals surface area contributed by atoms with Gasteiger partial charge in [-0.25, -0.2) is 0 Å². The highest BCUT2D eigenvalue weighted by atomic mass is 79.9. The lowest BCUT2D eigenvalue weighted by Gasteiger charge is -2.13. The van der Waals surface area contributed by atoms with Crippen LogP contribution in [0.3, 0.4) is 0 Å². The molecule has 0 aliphatic heterocycles. The Bertz CT molecular complexity index is 521. The van der Waals surface area contributed by atoms with Gasteiger partial charge in [-0.1, -0.05) is 50.9 Å². The first-order valence-electron chi connectivity index (χ1n) is 6.11. The molecule has 0 saturated carbocycles. The molecule has 2 aromatic rings. The van der Waals surface area contributed by atoms with Crippen molar-refractivity contribution in [2.24, 2.45) is 5.92 Å². The molecule has 0 fully saturated rings. The van der Waals surface area contributed by atoms with Gasteiger partial charge in [0.25, 0.3) is 0 Å². The van der Waals surface area contributed by atoms with Gasteiger partial charge >= 0.3 is 0 Å². The predicted molar refractivity (Wildman–Crippen MR) is 84.7 cm³/mol. The fourth-order valence-corrected chi connectivity index (χ4v) is 2.79. The molecule has 18 heavy (non-hydrogen) atoms. The Labute approximate surface area is 125 Å². The van der Waals surface area contributed by atoms with Crippen LogP contribution in [-0.4, -0.2) is 11.9 Å². The summed E-state index contributed by atoms with van der Waals surface area (Å²) < 4.78 is 6.95. The predicted octanol–water partition coefficient (Wildman–Crippen LogP) is 5.40. The number of rotatable bonds is 5. The number of hydrogen-bond acceptors (Lipinski definition) is 1. The Morgan fingerprint density at radius 1 is 1.11 bits per heavy atom. The van der Waals surface area contributed by atoms with E-state index in [4.69, 9.17) is 4.74 Å². The summed E-state index contributed by atoms with van der Waals surface area (Å²) in [6.07, 6.45) is 1.13. The zero-order valence-corrected chi connectivity index (χ0v) is 13.5. The summed E-state index contributed by atoms with van der Waals surface area (Å²) in [4.78, 5) is 0. The second-order valence-corrected chi connectivity index (χ2v) is 5.96. The molecule has 0 bridgehead atoms. The maximum absolute atomic E-state index is 5.85. The van der Waals surface area contributed by atoms with E-state index in [9.17, 15) is 0 Å². The van der Waals surface area contributed by atoms with Crippen molar-refractivity contribution in [3.8, 4) is 5.75 Å². The summed E-state index contributed by atoms with van der Waals surface area (Å²) in [6.45, 7) is 2.96. The van der Waals surface area contributed by atoms with Crippen molar-refractivity contribution in [2.45, 2.75) is 13.3 Å². The lowest BCUT2D eigenvalue weighted by Crippen LogP contribution is -2.12. The molecule has 1 unspecified atom stereocenters. The van der Waals surface area contributed by atoms with E-state index in [1.165, 1.54) is 10.8 Å². The molecule has 0 spiro atoms. The molecule has 0 radical (unpaired) electrons. The molecule has 3 heteroatoms. The number of halogens is 2. The molecule has 1 atom stereocenters. The van der Waals surface area contributed by atoms with Crippen molar-refractivity contribution in [3.05, 3.63) is 40.9 Å². The van der Waals surface area contributed by atoms with Crippen molar-refractivity contribution in [1.82, 2.24) is 0 Å². The monoisotopic (exact) mass is 370 g/mol. The lowest BCUT2D eigenvalue weighted by molar-refractivity contribution is 0.260. The Hall–Kier alpha value is -0.540. The van der Waals surface area contributed by atoms with Gasteiger partial charge < -0.3 is 4.74 Å². The molecule has 2 rings (SSSR count). The van der Waals surface area contributed by atoms with Gasteiger partial charge in [0, 0.05) is 15.7 Å². The van der Waals surface area contributed by atoms with Gasteiger partial charge in [-0.2, -0.15) is 0 Å². The van der Waals surface area contributed by atoms with Crippen molar-refractivity contribution < 1.29 is 4.74 Å². The van der Waals surface area contributed by atoms with Crippen LogP contribution in [0.25, 0.3) is 10.8 Å². The Morgan fingerprint density at radius 2 is 1.83 bits per heavy atom. The number of fused-ring (bicyclic) bond motifs is 1. The van der Waals surface area contributed by atoms with E-state index in [2.05, 4.69) is 69.1 Å². The lowest BCUT2D eigenvalue weighted by atomic mass is 10.1. The van der Waals surface area contributed by atoms with E-state index in [1.807, 2.05) is 6.07 Å². The molecular weight excluding hydrogens is 356 g/mol. The van der Waals surface area contributed by atoms with Crippen LogP contribution in [0.5, 0.6) is 5.75 Å². The normalized spacial score (nSPS) is 12.6. The number of benzene rings is 2. The minimum atomic E-state index is 0.575. The molecule has 0 aromatic heterocycles. The molecule has 2 aromatic carbocycles. The van der Waals surface area contributed by atoms with E-state index in [-0.39, 0.29) is 0 Å². The highest BCUT2D eigenvalue weighted by Crippen LogP contribution is 2.24. The first-order valence-corrected chi connectivity index (χ1v) is 8.02. The topological polar surface area (TPSA) is 9.23 Å². The van der Waals surface area contributed by atoms with Gasteiger partial charge in [0.05, 0.1) is 6.61 Å². The van der Waals surface area contributed by atoms with Crippen LogP contribution < -0.4 is 4.74 Å². The second-order valence-electron chi connectivity index (χ2n) is 4.39. The standard InChI is InChI=1S/C15H16Br2O/c1-2-11(9-16)10-18-15-6-4-12-7-14(17)5-3-13(12)8-15/h3-8,11H,2,9-10H2,1H3. The van der Waals surface area contributed by atoms with E-state index >= 15 is 0 Å². The van der Waals surface area contributed by atoms with Crippen LogP contribution >= 0.6 is 31.9 Å². The molecule has 0 saturated heterocycles. The van der Waals surface area contributed by atoms with Gasteiger partial charge in [-0.3, -0.25) is 0 Å². The third-order valence-electron chi connectivity index (χ3n) is 3.06. The smallest absolute Gasteiger partial charge is 0.119 e. The van der Waals surface area contributed by atoms with Crippen LogP contribution in [0.2, 0.25) is 0 Å². The first-order chi connectivity index (χ1) is 8.72. The fraction of sp³-hybridized carbons (Fsp3) is 0.333. The third-order valence-corrected chi connectivity index (χ3v) is 4.46. The molecule has 0 aliphatic rings. The molecule has 0 heterocycles. The molecular formula is C15H16Br2O. The van der Waals surface area contributed by atoms with Gasteiger partial charge in [0.15, 0.2) is 0 Å². The molecule has 0 N–H and O–H groups in total. The van der Waals surface area contributed by atoms with Gasteiger partial charge in [0.2, 0.25) is 0 Å². The SMILES string of the molecule is CCC(CBr)COc1ccc2cc(Br)ccc2c1. The second kappa shape index (κ2) is 6.58. The average Bonchev–Trinajstić information content (AvgIpc) is 2.40. The first kappa shape index (κ1) is 13.9. The Balaban J connectivity index is 2.12. The average molecular weight is 372 g/mol. The van der Waals surface area contributed by atoms with Crippen molar-refractivity contribution >= 4 is 42.6 Å². The van der Waals surface area contributed by atoms with Crippen LogP contribution in [0.15, 0.2) is 40.9 Å². The number of alkyl halides is 1. The third kappa shape index (κ3) is 3.48. The van der Waals surface area contributed by atoms with Crippen molar-refractivity contribution in [3.63, 3.8) is 0 Å². The molecule has 0 aliphatic carbocycles. The maximum atomic E-state index is 5.85. The van der Waals surface area contributed by atoms with Gasteiger partial charge in [-0.05, 0) is 41.5 Å². The number of hydrogen-bond donors (Lipinski definition) is 0. The largest absolute Gasteiger partial charge is 0.493 e. The van der Waals surface area contributed by atoms with Gasteiger partial charge in [0.1, 0.15) is 5.75 Å². The highest BCUT2D eigenvalue weighted by molar-refractivity contribution is 9.10. The van der Waals surface area contributed by atoms with E-state index < -0.39 is 0 Å². The Morgan fingerprint density at radius 3 is 2.56 bits per heavy atom. The highest BCUT2D eigenvalue weighted by Gasteiger charge is 2.05. The molecule has 1 nitrogen and oxygen atoms in total. The van der Waals surface area contributed by atoms with E-state index in [0.29, 0.717) is 5.92 Å². The molecule has 96 valence electrons. The summed E-state index contributed by atoms with van der Waals surface area (Å²) in [5, 5.41) is 3.43. The van der Waals surface area contributed by atoms with Gasteiger partial charge in [-0.15, -0.1) is 0 Å². The number of ether oxygens (including phenoxy) is 1. The Kier molecular flexibility index (Phi) is 5.07. The maximum Gasteiger partial charge on any atom is 0.119 e. The van der Waals surface area contributed by atoms with Crippen molar-refractivity contribution in [2.75, 3.05) is 11.9 Å². The van der Waals surface area contributed by atoms with Crippen LogP contribution in [0.4, 0.5) is 0 Å². The minimum Gasteiger partial charge on any atom is -0.493 e. The summed E-state index contributed by atoms with van der Waals surface area (Å²) in [6, 6.07) is 12.5. The zero-order valence-electron chi connectivity index (χ0n) is 10.3. The van der Waals surface area contributed by atoms with Crippen LogP contribution in [0, 0.1) is 5.92 Å².